The summed E-state index contributed by atoms with van der Waals surface area (Å²) in [5.41, 5.74) is 6.42. The van der Waals surface area contributed by atoms with Crippen LogP contribution in [-0.4, -0.2) is 26.7 Å². The van der Waals surface area contributed by atoms with Gasteiger partial charge in [0.1, 0.15) is 6.54 Å². The van der Waals surface area contributed by atoms with Gasteiger partial charge in [-0.15, -0.1) is 5.10 Å². The molecule has 6 nitrogen and oxygen atoms in total. The number of rotatable bonds is 6. The van der Waals surface area contributed by atoms with Crippen LogP contribution < -0.4 is 5.73 Å². The maximum atomic E-state index is 5.43. The molecule has 0 amide bonds. The molecule has 0 aromatic carbocycles. The highest BCUT2D eigenvalue weighted by Gasteiger charge is 2.03. The fourth-order valence-electron chi connectivity index (χ4n) is 1.46. The van der Waals surface area contributed by atoms with Gasteiger partial charge in [-0.3, -0.25) is 0 Å². The summed E-state index contributed by atoms with van der Waals surface area (Å²) >= 11 is 0. The molecule has 0 spiro atoms. The first-order chi connectivity index (χ1) is 7.88. The molecule has 0 fully saturated rings. The molecule has 0 unspecified atom stereocenters. The largest absolute Gasteiger partial charge is 0.359 e. The van der Waals surface area contributed by atoms with Crippen molar-refractivity contribution in [2.24, 2.45) is 5.73 Å². The van der Waals surface area contributed by atoms with E-state index in [1.165, 1.54) is 0 Å². The molecule has 2 rings (SSSR count). The van der Waals surface area contributed by atoms with E-state index in [0.717, 1.165) is 37.3 Å². The molecule has 16 heavy (non-hydrogen) atoms. The van der Waals surface area contributed by atoms with Gasteiger partial charge < -0.3 is 10.3 Å². The number of unbranched alkanes of at least 4 members (excludes halogenated alkanes) is 1. The van der Waals surface area contributed by atoms with Gasteiger partial charge in [0, 0.05) is 12.3 Å². The Morgan fingerprint density at radius 1 is 1.38 bits per heavy atom. The summed E-state index contributed by atoms with van der Waals surface area (Å²) in [6, 6.07) is 1.82. The molecule has 0 bridgehead atoms. The van der Waals surface area contributed by atoms with E-state index in [1.807, 2.05) is 12.3 Å². The van der Waals surface area contributed by atoms with E-state index >= 15 is 0 Å². The van der Waals surface area contributed by atoms with Gasteiger partial charge in [0.15, 0.2) is 5.76 Å². The third kappa shape index (κ3) is 2.90. The predicted octanol–water partition coefficient (Wildman–Crippen LogP) is 0.596. The third-order valence-electron chi connectivity index (χ3n) is 2.28. The van der Waals surface area contributed by atoms with Crippen LogP contribution in [0.2, 0.25) is 0 Å². The Morgan fingerprint density at radius 2 is 2.31 bits per heavy atom. The van der Waals surface area contributed by atoms with Crippen molar-refractivity contribution in [3.05, 3.63) is 29.9 Å². The van der Waals surface area contributed by atoms with E-state index in [4.69, 9.17) is 10.3 Å². The van der Waals surface area contributed by atoms with Gasteiger partial charge in [-0.2, -0.15) is 0 Å². The number of hydrogen-bond acceptors (Lipinski definition) is 5. The molecule has 6 heteroatoms. The molecule has 0 aliphatic heterocycles. The zero-order valence-electron chi connectivity index (χ0n) is 9.04. The number of nitrogens with two attached hydrogens (primary N) is 1. The van der Waals surface area contributed by atoms with Crippen LogP contribution in [0, 0.1) is 0 Å². The van der Waals surface area contributed by atoms with Crippen LogP contribution in [0.1, 0.15) is 24.3 Å². The molecule has 2 aromatic heterocycles. The second kappa shape index (κ2) is 5.41. The van der Waals surface area contributed by atoms with Crippen LogP contribution in [0.5, 0.6) is 0 Å². The molecule has 0 saturated heterocycles. The number of nitrogens with zero attached hydrogens (tertiary/aromatic N) is 4. The van der Waals surface area contributed by atoms with E-state index in [-0.39, 0.29) is 0 Å². The van der Waals surface area contributed by atoms with Crippen molar-refractivity contribution in [2.75, 3.05) is 6.54 Å². The van der Waals surface area contributed by atoms with Crippen molar-refractivity contribution in [3.8, 4) is 0 Å². The van der Waals surface area contributed by atoms with Crippen molar-refractivity contribution in [3.63, 3.8) is 0 Å². The van der Waals surface area contributed by atoms with E-state index in [1.54, 1.807) is 10.9 Å². The number of aryl methyl sites for hydroxylation is 1. The highest BCUT2D eigenvalue weighted by atomic mass is 16.5. The van der Waals surface area contributed by atoms with Gasteiger partial charge in [-0.1, -0.05) is 10.4 Å². The standard InChI is InChI=1S/C10H15N5O/c11-5-2-1-3-9-7-15(14-13-9)8-10-4-6-12-16-10/h4,6-7H,1-3,5,8,11H2. The van der Waals surface area contributed by atoms with Gasteiger partial charge in [-0.25, -0.2) is 4.68 Å². The molecular weight excluding hydrogens is 206 g/mol. The molecule has 2 aromatic rings. The summed E-state index contributed by atoms with van der Waals surface area (Å²) in [6.07, 6.45) is 6.55. The average molecular weight is 221 g/mol. The Kier molecular flexibility index (Phi) is 3.66. The number of aromatic nitrogens is 4. The lowest BCUT2D eigenvalue weighted by Crippen LogP contribution is -1.99. The normalized spacial score (nSPS) is 10.8. The van der Waals surface area contributed by atoms with Crippen molar-refractivity contribution >= 4 is 0 Å². The van der Waals surface area contributed by atoms with Crippen LogP contribution in [-0.2, 0) is 13.0 Å². The Labute approximate surface area is 93.4 Å². The van der Waals surface area contributed by atoms with E-state index < -0.39 is 0 Å². The van der Waals surface area contributed by atoms with Gasteiger partial charge in [0.05, 0.1) is 11.9 Å². The predicted molar refractivity (Wildman–Crippen MR) is 57.6 cm³/mol. The first-order valence-corrected chi connectivity index (χ1v) is 5.37. The van der Waals surface area contributed by atoms with Crippen LogP contribution in [0.3, 0.4) is 0 Å². The maximum Gasteiger partial charge on any atom is 0.158 e. The fourth-order valence-corrected chi connectivity index (χ4v) is 1.46. The quantitative estimate of drug-likeness (QED) is 0.722. The first-order valence-electron chi connectivity index (χ1n) is 5.37. The zero-order chi connectivity index (χ0) is 11.2. The third-order valence-corrected chi connectivity index (χ3v) is 2.28. The van der Waals surface area contributed by atoms with Crippen molar-refractivity contribution in [1.29, 1.82) is 0 Å². The maximum absolute atomic E-state index is 5.43. The summed E-state index contributed by atoms with van der Waals surface area (Å²) in [7, 11) is 0. The minimum Gasteiger partial charge on any atom is -0.359 e. The van der Waals surface area contributed by atoms with Gasteiger partial charge in [0.25, 0.3) is 0 Å². The van der Waals surface area contributed by atoms with Crippen LogP contribution in [0.25, 0.3) is 0 Å². The first kappa shape index (κ1) is 10.8. The minimum absolute atomic E-state index is 0.573. The van der Waals surface area contributed by atoms with E-state index in [0.29, 0.717) is 6.54 Å². The molecule has 0 saturated carbocycles. The van der Waals surface area contributed by atoms with Crippen molar-refractivity contribution in [1.82, 2.24) is 20.2 Å². The molecule has 0 aliphatic carbocycles. The van der Waals surface area contributed by atoms with Crippen molar-refractivity contribution in [2.45, 2.75) is 25.8 Å². The molecule has 0 aliphatic rings. The minimum atomic E-state index is 0.573. The molecule has 86 valence electrons. The smallest absolute Gasteiger partial charge is 0.158 e. The van der Waals surface area contributed by atoms with Gasteiger partial charge in [0.2, 0.25) is 0 Å². The van der Waals surface area contributed by atoms with Crippen LogP contribution in [0.15, 0.2) is 23.0 Å². The summed E-state index contributed by atoms with van der Waals surface area (Å²) in [5.74, 6) is 0.776. The summed E-state index contributed by atoms with van der Waals surface area (Å²) in [4.78, 5) is 0. The topological polar surface area (TPSA) is 82.8 Å². The van der Waals surface area contributed by atoms with Crippen LogP contribution >= 0.6 is 0 Å². The van der Waals surface area contributed by atoms with E-state index in [2.05, 4.69) is 15.5 Å². The second-order valence-electron chi connectivity index (χ2n) is 3.63. The molecule has 2 heterocycles. The summed E-state index contributed by atoms with van der Waals surface area (Å²) in [5, 5.41) is 11.7. The molecule has 0 radical (unpaired) electrons. The number of hydrogen-bond donors (Lipinski definition) is 1. The summed E-state index contributed by atoms with van der Waals surface area (Å²) in [6.45, 7) is 1.30. The van der Waals surface area contributed by atoms with Gasteiger partial charge >= 0.3 is 0 Å². The van der Waals surface area contributed by atoms with Gasteiger partial charge in [-0.05, 0) is 25.8 Å². The lowest BCUT2D eigenvalue weighted by molar-refractivity contribution is 0.370. The summed E-state index contributed by atoms with van der Waals surface area (Å²) < 4.78 is 6.74. The SMILES string of the molecule is NCCCCc1cn(Cc2ccno2)nn1. The zero-order valence-corrected chi connectivity index (χ0v) is 9.04. The average Bonchev–Trinajstić information content (AvgIpc) is 2.91. The molecule has 0 atom stereocenters. The fraction of sp³-hybridized carbons (Fsp3) is 0.500. The molecular formula is C10H15N5O. The van der Waals surface area contributed by atoms with E-state index in [9.17, 15) is 0 Å². The lowest BCUT2D eigenvalue weighted by Gasteiger charge is -1.94. The lowest BCUT2D eigenvalue weighted by atomic mass is 10.2. The Balaban J connectivity index is 1.87. The highest BCUT2D eigenvalue weighted by molar-refractivity contribution is 4.97. The Morgan fingerprint density at radius 3 is 3.06 bits per heavy atom. The Bertz CT molecular complexity index is 409. The second-order valence-corrected chi connectivity index (χ2v) is 3.63. The monoisotopic (exact) mass is 221 g/mol. The van der Waals surface area contributed by atoms with Crippen LogP contribution in [0.4, 0.5) is 0 Å². The van der Waals surface area contributed by atoms with Crippen molar-refractivity contribution < 1.29 is 4.52 Å². The Hall–Kier alpha value is -1.69. The molecule has 2 N–H and O–H groups in total. The highest BCUT2D eigenvalue weighted by Crippen LogP contribution is 2.03.